The van der Waals surface area contributed by atoms with Crippen molar-refractivity contribution in [2.24, 2.45) is 0 Å². The van der Waals surface area contributed by atoms with Crippen molar-refractivity contribution in [3.63, 3.8) is 0 Å². The van der Waals surface area contributed by atoms with Crippen LogP contribution in [0.25, 0.3) is 0 Å². The van der Waals surface area contributed by atoms with E-state index in [-0.39, 0.29) is 19.5 Å². The molecule has 0 saturated heterocycles. The van der Waals surface area contributed by atoms with Crippen molar-refractivity contribution < 1.29 is 19.5 Å². The first-order chi connectivity index (χ1) is 7.61. The molecule has 7 heteroatoms. The van der Waals surface area contributed by atoms with E-state index in [4.69, 9.17) is 0 Å². The average molecular weight is 320 g/mol. The molecule has 0 spiro atoms. The molecule has 0 aliphatic carbocycles. The minimum Gasteiger partial charge on any atom is -0.765 e. The van der Waals surface area contributed by atoms with Crippen LogP contribution in [0.5, 0.6) is 0 Å². The zero-order chi connectivity index (χ0) is 12.0. The van der Waals surface area contributed by atoms with Crippen LogP contribution < -0.4 is 0 Å². The van der Waals surface area contributed by atoms with Crippen molar-refractivity contribution in [3.05, 3.63) is 59.3 Å². The summed E-state index contributed by atoms with van der Waals surface area (Å²) >= 11 is 9.37. The zero-order valence-corrected chi connectivity index (χ0v) is 13.6. The van der Waals surface area contributed by atoms with Gasteiger partial charge in [0.2, 0.25) is 0 Å². The van der Waals surface area contributed by atoms with Gasteiger partial charge in [-0.05, 0) is 24.6 Å². The van der Waals surface area contributed by atoms with E-state index in [1.54, 1.807) is 36.5 Å². The summed E-state index contributed by atoms with van der Waals surface area (Å²) in [4.78, 5) is 0. The van der Waals surface area contributed by atoms with Crippen LogP contribution in [0.15, 0.2) is 48.9 Å². The molecule has 2 aliphatic heterocycles. The maximum Gasteiger partial charge on any atom is 2.00 e. The summed E-state index contributed by atoms with van der Waals surface area (Å²) in [5, 5.41) is 21.6. The van der Waals surface area contributed by atoms with Gasteiger partial charge in [-0.25, -0.2) is 0 Å². The molecule has 0 aromatic carbocycles. The van der Waals surface area contributed by atoms with E-state index in [2.05, 4.69) is 25.3 Å². The predicted molar refractivity (Wildman–Crippen MR) is 69.3 cm³/mol. The second kappa shape index (κ2) is 8.83. The molecule has 2 rings (SSSR count). The Kier molecular flexibility index (Phi) is 8.73. The number of allylic oxidation sites excluding steroid dienone is 4. The van der Waals surface area contributed by atoms with Gasteiger partial charge in [-0.3, -0.25) is 0 Å². The molecule has 0 radical (unpaired) electrons. The Bertz CT molecular complexity index is 270. The maximum absolute atomic E-state index is 10.5. The molecule has 0 bridgehead atoms. The number of hydroxylamine groups is 4. The summed E-state index contributed by atoms with van der Waals surface area (Å²) in [6, 6.07) is 0. The van der Waals surface area contributed by atoms with Gasteiger partial charge in [-0.2, -0.15) is 0 Å². The summed E-state index contributed by atoms with van der Waals surface area (Å²) in [7, 11) is 0. The van der Waals surface area contributed by atoms with Crippen LogP contribution in [0.1, 0.15) is 0 Å². The maximum atomic E-state index is 10.5. The number of hydrogen-bond acceptors (Lipinski definition) is 6. The third-order valence-corrected chi connectivity index (χ3v) is 2.47. The third-order valence-electron chi connectivity index (χ3n) is 1.74. The molecule has 17 heavy (non-hydrogen) atoms. The SMILES string of the molecule is [O-]N1C=CC=CC1[S-].[O-]N1C=CC=CC1[S-].[Zn+2]. The smallest absolute Gasteiger partial charge is 0.765 e. The third kappa shape index (κ3) is 6.33. The Morgan fingerprint density at radius 3 is 1.29 bits per heavy atom. The number of rotatable bonds is 0. The first kappa shape index (κ1) is 16.8. The monoisotopic (exact) mass is 318 g/mol. The first-order valence-corrected chi connectivity index (χ1v) is 5.48. The molecule has 2 unspecified atom stereocenters. The van der Waals surface area contributed by atoms with E-state index >= 15 is 0 Å². The Balaban J connectivity index is 0.000000284. The second-order valence-corrected chi connectivity index (χ2v) is 3.92. The van der Waals surface area contributed by atoms with Crippen molar-refractivity contribution >= 4 is 25.3 Å². The van der Waals surface area contributed by atoms with E-state index in [1.165, 1.54) is 12.4 Å². The van der Waals surface area contributed by atoms with Gasteiger partial charge < -0.3 is 45.8 Å². The molecule has 0 aromatic rings. The molecular weight excluding hydrogens is 310 g/mol. The van der Waals surface area contributed by atoms with E-state index in [9.17, 15) is 10.4 Å². The summed E-state index contributed by atoms with van der Waals surface area (Å²) in [5.41, 5.74) is 0. The molecule has 2 aliphatic rings. The van der Waals surface area contributed by atoms with Gasteiger partial charge in [0, 0.05) is 0 Å². The summed E-state index contributed by atoms with van der Waals surface area (Å²) in [5.74, 6) is 0. The molecule has 2 heterocycles. The molecular formula is C10H10N2O2S2Zn-2. The molecule has 0 aromatic heterocycles. The van der Waals surface area contributed by atoms with Crippen LogP contribution in [-0.4, -0.2) is 20.9 Å². The molecule has 0 N–H and O–H groups in total. The summed E-state index contributed by atoms with van der Waals surface area (Å²) in [6.45, 7) is 0. The fourth-order valence-electron chi connectivity index (χ4n) is 0.927. The van der Waals surface area contributed by atoms with Crippen molar-refractivity contribution in [2.45, 2.75) is 10.7 Å². The van der Waals surface area contributed by atoms with Crippen molar-refractivity contribution in [2.75, 3.05) is 0 Å². The molecule has 88 valence electrons. The van der Waals surface area contributed by atoms with Crippen molar-refractivity contribution in [1.82, 2.24) is 10.1 Å². The second-order valence-electron chi connectivity index (χ2n) is 2.95. The van der Waals surface area contributed by atoms with Crippen LogP contribution in [0.3, 0.4) is 0 Å². The zero-order valence-electron chi connectivity index (χ0n) is 9.01. The van der Waals surface area contributed by atoms with Gasteiger partial charge in [0.1, 0.15) is 0 Å². The van der Waals surface area contributed by atoms with E-state index in [1.807, 2.05) is 0 Å². The van der Waals surface area contributed by atoms with E-state index in [0.717, 1.165) is 10.1 Å². The van der Waals surface area contributed by atoms with Crippen LogP contribution >= 0.6 is 0 Å². The van der Waals surface area contributed by atoms with Gasteiger partial charge >= 0.3 is 19.5 Å². The minimum atomic E-state index is -0.403. The van der Waals surface area contributed by atoms with E-state index in [0.29, 0.717) is 0 Å². The molecule has 4 nitrogen and oxygen atoms in total. The Labute approximate surface area is 124 Å². The summed E-state index contributed by atoms with van der Waals surface area (Å²) in [6.07, 6.45) is 13.0. The predicted octanol–water partition coefficient (Wildman–Crippen LogP) is 1.48. The molecule has 0 amide bonds. The van der Waals surface area contributed by atoms with Crippen LogP contribution in [0.4, 0.5) is 0 Å². The van der Waals surface area contributed by atoms with Gasteiger partial charge in [0.25, 0.3) is 0 Å². The molecule has 0 saturated carbocycles. The summed E-state index contributed by atoms with van der Waals surface area (Å²) < 4.78 is 0. The van der Waals surface area contributed by atoms with E-state index < -0.39 is 10.7 Å². The van der Waals surface area contributed by atoms with Crippen molar-refractivity contribution in [1.29, 1.82) is 0 Å². The minimum absolute atomic E-state index is 0. The van der Waals surface area contributed by atoms with Crippen LogP contribution in [0, 0.1) is 10.4 Å². The normalized spacial score (nSPS) is 25.2. The standard InChI is InChI=1S/2C5H6NOS.Zn/c2*7-6-4-2-1-3-5(6)8;/h2*1-5,8H;/q2*-1;+2/p-2. The van der Waals surface area contributed by atoms with Gasteiger partial charge in [-0.15, -0.1) is 0 Å². The average Bonchev–Trinajstić information content (AvgIpc) is 2.28. The molecule has 0 fully saturated rings. The number of nitrogens with zero attached hydrogens (tertiary/aromatic N) is 2. The Morgan fingerprint density at radius 2 is 1.12 bits per heavy atom. The molecule has 2 atom stereocenters. The van der Waals surface area contributed by atoms with Crippen LogP contribution in [0.2, 0.25) is 0 Å². The van der Waals surface area contributed by atoms with Gasteiger partial charge in [0.15, 0.2) is 0 Å². The Morgan fingerprint density at radius 1 is 0.765 bits per heavy atom. The van der Waals surface area contributed by atoms with Gasteiger partial charge in [0.05, 0.1) is 0 Å². The van der Waals surface area contributed by atoms with Crippen molar-refractivity contribution in [3.8, 4) is 0 Å². The fourth-order valence-corrected chi connectivity index (χ4v) is 1.25. The Hall–Kier alpha value is -0.197. The van der Waals surface area contributed by atoms with Gasteiger partial charge in [-0.1, -0.05) is 35.1 Å². The quantitative estimate of drug-likeness (QED) is 0.498. The topological polar surface area (TPSA) is 52.6 Å². The van der Waals surface area contributed by atoms with Crippen LogP contribution in [-0.2, 0) is 44.7 Å². The first-order valence-electron chi connectivity index (χ1n) is 4.54. The fraction of sp³-hybridized carbons (Fsp3) is 0.200. The largest absolute Gasteiger partial charge is 2.00 e. The number of hydrogen-bond donors (Lipinski definition) is 0.